The van der Waals surface area contributed by atoms with Crippen molar-refractivity contribution in [3.8, 4) is 0 Å². The molecular formula is C12H21Cl2N3. The van der Waals surface area contributed by atoms with Crippen LogP contribution in [0.3, 0.4) is 0 Å². The van der Waals surface area contributed by atoms with Gasteiger partial charge in [-0.05, 0) is 24.6 Å². The Bertz CT molecular complexity index is 333. The van der Waals surface area contributed by atoms with Gasteiger partial charge in [0.15, 0.2) is 0 Å². The molecule has 0 unspecified atom stereocenters. The number of halogens is 2. The third-order valence-electron chi connectivity index (χ3n) is 2.98. The summed E-state index contributed by atoms with van der Waals surface area (Å²) in [7, 11) is 0. The van der Waals surface area contributed by atoms with Crippen molar-refractivity contribution in [3.63, 3.8) is 0 Å². The second-order valence-electron chi connectivity index (χ2n) is 4.27. The summed E-state index contributed by atoms with van der Waals surface area (Å²) in [6.45, 7) is 6.57. The molecule has 5 heteroatoms. The van der Waals surface area contributed by atoms with Gasteiger partial charge in [-0.3, -0.25) is 4.90 Å². The molecule has 1 aromatic carbocycles. The highest BCUT2D eigenvalue weighted by Gasteiger charge is 2.17. The average Bonchev–Trinajstić information content (AvgIpc) is 2.22. The topological polar surface area (TPSA) is 41.3 Å². The Morgan fingerprint density at radius 1 is 1.41 bits per heavy atom. The summed E-state index contributed by atoms with van der Waals surface area (Å²) in [6.07, 6.45) is 0. The molecule has 1 aliphatic heterocycles. The highest BCUT2D eigenvalue weighted by molar-refractivity contribution is 5.85. The number of hydrogen-bond donors (Lipinski definition) is 2. The molecule has 0 bridgehead atoms. The van der Waals surface area contributed by atoms with Gasteiger partial charge in [-0.15, -0.1) is 24.8 Å². The van der Waals surface area contributed by atoms with Crippen LogP contribution in [0.4, 0.5) is 5.69 Å². The standard InChI is InChI=1S/C12H19N3.2ClH/c1-10-8-14-5-6-15(10)9-11-3-2-4-12(13)7-11;;/h2-4,7,10,14H,5-6,8-9,13H2,1H3;2*1H/t10-;;/m1../s1. The number of rotatable bonds is 2. The smallest absolute Gasteiger partial charge is 0.0317 e. The molecule has 0 spiro atoms. The number of hydrogen-bond acceptors (Lipinski definition) is 3. The monoisotopic (exact) mass is 277 g/mol. The first-order chi connectivity index (χ1) is 7.25. The minimum Gasteiger partial charge on any atom is -0.399 e. The third kappa shape index (κ3) is 4.72. The molecule has 0 saturated carbocycles. The number of nitrogens with one attached hydrogen (secondary N) is 1. The quantitative estimate of drug-likeness (QED) is 0.812. The summed E-state index contributed by atoms with van der Waals surface area (Å²) < 4.78 is 0. The van der Waals surface area contributed by atoms with Gasteiger partial charge in [0.05, 0.1) is 0 Å². The van der Waals surface area contributed by atoms with Gasteiger partial charge in [0.1, 0.15) is 0 Å². The molecule has 1 aliphatic rings. The van der Waals surface area contributed by atoms with Crippen LogP contribution < -0.4 is 11.1 Å². The van der Waals surface area contributed by atoms with E-state index in [-0.39, 0.29) is 24.8 Å². The van der Waals surface area contributed by atoms with E-state index in [0.717, 1.165) is 31.9 Å². The molecule has 1 saturated heterocycles. The van der Waals surface area contributed by atoms with Crippen LogP contribution in [0.25, 0.3) is 0 Å². The third-order valence-corrected chi connectivity index (χ3v) is 2.98. The lowest BCUT2D eigenvalue weighted by atomic mass is 10.1. The lowest BCUT2D eigenvalue weighted by molar-refractivity contribution is 0.165. The van der Waals surface area contributed by atoms with E-state index in [4.69, 9.17) is 5.73 Å². The van der Waals surface area contributed by atoms with Crippen LogP contribution in [0.15, 0.2) is 24.3 Å². The first-order valence-electron chi connectivity index (χ1n) is 5.55. The molecule has 1 atom stereocenters. The Morgan fingerprint density at radius 3 is 2.82 bits per heavy atom. The van der Waals surface area contributed by atoms with Gasteiger partial charge < -0.3 is 11.1 Å². The molecule has 17 heavy (non-hydrogen) atoms. The number of anilines is 1. The van der Waals surface area contributed by atoms with Gasteiger partial charge in [-0.1, -0.05) is 12.1 Å². The molecule has 0 aromatic heterocycles. The van der Waals surface area contributed by atoms with Gasteiger partial charge in [0, 0.05) is 37.9 Å². The van der Waals surface area contributed by atoms with Crippen LogP contribution in [0.2, 0.25) is 0 Å². The van der Waals surface area contributed by atoms with Gasteiger partial charge in [0.25, 0.3) is 0 Å². The summed E-state index contributed by atoms with van der Waals surface area (Å²) in [5, 5.41) is 3.40. The second kappa shape index (κ2) is 7.77. The fourth-order valence-electron chi connectivity index (χ4n) is 2.04. The van der Waals surface area contributed by atoms with Gasteiger partial charge in [-0.25, -0.2) is 0 Å². The predicted molar refractivity (Wildman–Crippen MR) is 78.1 cm³/mol. The largest absolute Gasteiger partial charge is 0.399 e. The molecule has 1 aromatic rings. The summed E-state index contributed by atoms with van der Waals surface area (Å²) in [5.41, 5.74) is 7.93. The Balaban J connectivity index is 0.00000128. The fraction of sp³-hybridized carbons (Fsp3) is 0.500. The minimum atomic E-state index is 0. The number of nitrogens with zero attached hydrogens (tertiary/aromatic N) is 1. The summed E-state index contributed by atoms with van der Waals surface area (Å²) >= 11 is 0. The lowest BCUT2D eigenvalue weighted by Gasteiger charge is -2.33. The van der Waals surface area contributed by atoms with Crippen LogP contribution in [0.5, 0.6) is 0 Å². The van der Waals surface area contributed by atoms with Crippen molar-refractivity contribution in [1.29, 1.82) is 0 Å². The molecule has 3 N–H and O–H groups in total. The zero-order valence-electron chi connectivity index (χ0n) is 10.1. The predicted octanol–water partition coefficient (Wildman–Crippen LogP) is 1.91. The van der Waals surface area contributed by atoms with E-state index in [0.29, 0.717) is 6.04 Å². The van der Waals surface area contributed by atoms with Crippen molar-refractivity contribution in [2.45, 2.75) is 19.5 Å². The highest BCUT2D eigenvalue weighted by atomic mass is 35.5. The maximum Gasteiger partial charge on any atom is 0.0317 e. The van der Waals surface area contributed by atoms with Crippen LogP contribution in [-0.4, -0.2) is 30.6 Å². The SMILES string of the molecule is C[C@@H]1CNCCN1Cc1cccc(N)c1.Cl.Cl. The van der Waals surface area contributed by atoms with E-state index >= 15 is 0 Å². The first-order valence-corrected chi connectivity index (χ1v) is 5.55. The fourth-order valence-corrected chi connectivity index (χ4v) is 2.04. The van der Waals surface area contributed by atoms with Gasteiger partial charge >= 0.3 is 0 Å². The van der Waals surface area contributed by atoms with E-state index < -0.39 is 0 Å². The van der Waals surface area contributed by atoms with E-state index in [1.807, 2.05) is 12.1 Å². The molecule has 3 nitrogen and oxygen atoms in total. The van der Waals surface area contributed by atoms with Crippen molar-refractivity contribution >= 4 is 30.5 Å². The van der Waals surface area contributed by atoms with E-state index in [1.54, 1.807) is 0 Å². The second-order valence-corrected chi connectivity index (χ2v) is 4.27. The summed E-state index contributed by atoms with van der Waals surface area (Å²) in [6, 6.07) is 8.78. The first kappa shape index (κ1) is 16.5. The van der Waals surface area contributed by atoms with Gasteiger partial charge in [-0.2, -0.15) is 0 Å². The summed E-state index contributed by atoms with van der Waals surface area (Å²) in [4.78, 5) is 2.49. The molecule has 0 amide bonds. The Labute approximate surface area is 116 Å². The average molecular weight is 278 g/mol. The van der Waals surface area contributed by atoms with Gasteiger partial charge in [0.2, 0.25) is 0 Å². The number of benzene rings is 1. The number of piperazine rings is 1. The van der Waals surface area contributed by atoms with Crippen LogP contribution in [-0.2, 0) is 6.54 Å². The van der Waals surface area contributed by atoms with Crippen molar-refractivity contribution in [1.82, 2.24) is 10.2 Å². The zero-order valence-corrected chi connectivity index (χ0v) is 11.7. The van der Waals surface area contributed by atoms with E-state index in [1.165, 1.54) is 5.56 Å². The maximum atomic E-state index is 5.77. The number of nitrogen functional groups attached to an aromatic ring is 1. The number of nitrogens with two attached hydrogens (primary N) is 1. The summed E-state index contributed by atoms with van der Waals surface area (Å²) in [5.74, 6) is 0. The van der Waals surface area contributed by atoms with Crippen molar-refractivity contribution in [3.05, 3.63) is 29.8 Å². The Kier molecular flexibility index (Phi) is 7.55. The molecule has 1 heterocycles. The molecule has 98 valence electrons. The van der Waals surface area contributed by atoms with Crippen molar-refractivity contribution in [2.75, 3.05) is 25.4 Å². The van der Waals surface area contributed by atoms with E-state index in [9.17, 15) is 0 Å². The van der Waals surface area contributed by atoms with Crippen LogP contribution in [0.1, 0.15) is 12.5 Å². The Morgan fingerprint density at radius 2 is 2.18 bits per heavy atom. The normalized spacial score (nSPS) is 20.2. The maximum absolute atomic E-state index is 5.77. The molecule has 1 fully saturated rings. The van der Waals surface area contributed by atoms with E-state index in [2.05, 4.69) is 29.3 Å². The molecule has 0 aliphatic carbocycles. The molecule has 2 rings (SSSR count). The van der Waals surface area contributed by atoms with Crippen LogP contribution in [0, 0.1) is 0 Å². The van der Waals surface area contributed by atoms with Crippen LogP contribution >= 0.6 is 24.8 Å². The highest BCUT2D eigenvalue weighted by Crippen LogP contribution is 2.12. The zero-order chi connectivity index (χ0) is 10.7. The van der Waals surface area contributed by atoms with Crippen molar-refractivity contribution < 1.29 is 0 Å². The molecular weight excluding hydrogens is 257 g/mol. The molecule has 0 radical (unpaired) electrons. The lowest BCUT2D eigenvalue weighted by Crippen LogP contribution is -2.49. The van der Waals surface area contributed by atoms with Crippen molar-refractivity contribution in [2.24, 2.45) is 0 Å². The minimum absolute atomic E-state index is 0. The Hall–Kier alpha value is -0.480.